The number of benzene rings is 1. The number of urea groups is 1. The highest BCUT2D eigenvalue weighted by Gasteiger charge is 2.64. The number of amides is 4. The number of alkyl halides is 5. The highest BCUT2D eigenvalue weighted by Crippen LogP contribution is 2.48. The Balaban J connectivity index is 1.65. The summed E-state index contributed by atoms with van der Waals surface area (Å²) in [5, 5.41) is 10.8. The summed E-state index contributed by atoms with van der Waals surface area (Å²) in [6.07, 6.45) is -11.5. The molecule has 3 aliphatic rings. The van der Waals surface area contributed by atoms with Crippen molar-refractivity contribution in [3.8, 4) is 11.5 Å². The summed E-state index contributed by atoms with van der Waals surface area (Å²) in [5.41, 5.74) is -1.35. The number of hydrogen-bond acceptors (Lipinski definition) is 8. The standard InChI is InChI=1S/C20H16F5N5O5/c1-7-12-19(16(31)26-18(33)27-17(19)32)5-9-4-8(14-28-29-15(35-14)13(21)22)2-3-10(9)30(12)6-11(34-7)20(23,24)25/h2-4,7,11-13H,5-6H2,1H3,(H2,26,27,31,32,33)/t7-,11-,12+/m0/s1. The van der Waals surface area contributed by atoms with Gasteiger partial charge >= 0.3 is 18.6 Å². The van der Waals surface area contributed by atoms with Crippen molar-refractivity contribution < 1.29 is 45.5 Å². The number of morpholine rings is 1. The van der Waals surface area contributed by atoms with Crippen molar-refractivity contribution >= 4 is 23.5 Å². The number of aromatic nitrogens is 2. The second kappa shape index (κ2) is 7.69. The molecule has 5 rings (SSSR count). The fourth-order valence-electron chi connectivity index (χ4n) is 5.00. The number of nitrogens with zero attached hydrogens (tertiary/aromatic N) is 3. The Bertz CT molecular complexity index is 1210. The van der Waals surface area contributed by atoms with Crippen LogP contribution in [0.1, 0.15) is 24.8 Å². The number of fused-ring (bicyclic) bond motifs is 4. The third-order valence-electron chi connectivity index (χ3n) is 6.39. The Kier molecular flexibility index (Phi) is 5.09. The summed E-state index contributed by atoms with van der Waals surface area (Å²) in [6.45, 7) is 0.592. The molecule has 4 heterocycles. The van der Waals surface area contributed by atoms with Gasteiger partial charge in [0, 0.05) is 11.3 Å². The molecule has 1 aromatic carbocycles. The van der Waals surface area contributed by atoms with Gasteiger partial charge in [-0.15, -0.1) is 10.2 Å². The third kappa shape index (κ3) is 3.52. The van der Waals surface area contributed by atoms with Crippen molar-refractivity contribution in [3.05, 3.63) is 29.7 Å². The van der Waals surface area contributed by atoms with Crippen LogP contribution in [0.15, 0.2) is 22.6 Å². The number of nitrogens with one attached hydrogen (secondary N) is 2. The number of halogens is 5. The molecule has 0 saturated carbocycles. The number of imide groups is 2. The van der Waals surface area contributed by atoms with Crippen molar-refractivity contribution in [2.45, 2.75) is 44.2 Å². The minimum atomic E-state index is -4.73. The van der Waals surface area contributed by atoms with E-state index in [1.54, 1.807) is 0 Å². The maximum Gasteiger partial charge on any atom is 0.416 e. The molecule has 1 aromatic heterocycles. The summed E-state index contributed by atoms with van der Waals surface area (Å²) in [7, 11) is 0. The van der Waals surface area contributed by atoms with Crippen LogP contribution < -0.4 is 15.5 Å². The molecule has 3 atom stereocenters. The Morgan fingerprint density at radius 1 is 1.14 bits per heavy atom. The van der Waals surface area contributed by atoms with Crippen LogP contribution in [0.3, 0.4) is 0 Å². The highest BCUT2D eigenvalue weighted by molar-refractivity contribution is 6.20. The lowest BCUT2D eigenvalue weighted by molar-refractivity contribution is -0.242. The number of barbiturate groups is 1. The van der Waals surface area contributed by atoms with Gasteiger partial charge in [0.15, 0.2) is 11.5 Å². The molecule has 2 fully saturated rings. The second-order valence-corrected chi connectivity index (χ2v) is 8.44. The Morgan fingerprint density at radius 2 is 1.83 bits per heavy atom. The van der Waals surface area contributed by atoms with E-state index in [4.69, 9.17) is 9.15 Å². The molecular formula is C20H16F5N5O5. The van der Waals surface area contributed by atoms with Gasteiger partial charge < -0.3 is 14.1 Å². The quantitative estimate of drug-likeness (QED) is 0.474. The van der Waals surface area contributed by atoms with E-state index in [9.17, 15) is 36.3 Å². The van der Waals surface area contributed by atoms with Gasteiger partial charge in [0.25, 0.3) is 5.89 Å². The minimum Gasteiger partial charge on any atom is -0.415 e. The average molecular weight is 501 g/mol. The molecule has 186 valence electrons. The van der Waals surface area contributed by atoms with Crippen molar-refractivity contribution in [2.24, 2.45) is 5.41 Å². The van der Waals surface area contributed by atoms with Crippen LogP contribution in [0.2, 0.25) is 0 Å². The Labute approximate surface area is 192 Å². The van der Waals surface area contributed by atoms with E-state index in [1.807, 2.05) is 10.6 Å². The lowest BCUT2D eigenvalue weighted by Gasteiger charge is -2.55. The summed E-state index contributed by atoms with van der Waals surface area (Å²) in [5.74, 6) is -3.18. The van der Waals surface area contributed by atoms with E-state index in [-0.39, 0.29) is 29.1 Å². The SMILES string of the molecule is C[C@@H]1O[C@H](C(F)(F)F)CN2c3ccc(-c4nnc(C(F)F)o4)cc3CC3(C(=O)NC(=O)NC3=O)[C@@H]12. The first-order valence-corrected chi connectivity index (χ1v) is 10.3. The summed E-state index contributed by atoms with van der Waals surface area (Å²) in [6, 6.07) is 1.95. The first-order valence-electron chi connectivity index (χ1n) is 10.3. The first kappa shape index (κ1) is 23.1. The normalized spacial score (nSPS) is 25.9. The second-order valence-electron chi connectivity index (χ2n) is 8.44. The molecule has 0 bridgehead atoms. The van der Waals surface area contributed by atoms with Gasteiger partial charge in [-0.3, -0.25) is 20.2 Å². The number of anilines is 1. The van der Waals surface area contributed by atoms with Gasteiger partial charge in [0.05, 0.1) is 18.7 Å². The van der Waals surface area contributed by atoms with Gasteiger partial charge in [0.2, 0.25) is 17.7 Å². The highest BCUT2D eigenvalue weighted by atomic mass is 19.4. The topological polar surface area (TPSA) is 127 Å². The predicted molar refractivity (Wildman–Crippen MR) is 104 cm³/mol. The Hall–Kier alpha value is -3.62. The average Bonchev–Trinajstić information content (AvgIpc) is 3.27. The summed E-state index contributed by atoms with van der Waals surface area (Å²) >= 11 is 0. The Morgan fingerprint density at radius 3 is 2.43 bits per heavy atom. The summed E-state index contributed by atoms with van der Waals surface area (Å²) in [4.78, 5) is 39.2. The zero-order valence-electron chi connectivity index (χ0n) is 17.7. The monoisotopic (exact) mass is 501 g/mol. The summed E-state index contributed by atoms with van der Waals surface area (Å²) < 4.78 is 76.6. The molecule has 2 aromatic rings. The zero-order chi connectivity index (χ0) is 25.3. The molecule has 0 aliphatic carbocycles. The van der Waals surface area contributed by atoms with Crippen LogP contribution in [0.5, 0.6) is 0 Å². The molecular weight excluding hydrogens is 485 g/mol. The zero-order valence-corrected chi connectivity index (χ0v) is 17.7. The van der Waals surface area contributed by atoms with Gasteiger partial charge in [0.1, 0.15) is 0 Å². The molecule has 10 nitrogen and oxygen atoms in total. The fourth-order valence-corrected chi connectivity index (χ4v) is 5.00. The molecule has 3 aliphatic heterocycles. The molecule has 0 unspecified atom stereocenters. The van der Waals surface area contributed by atoms with Crippen LogP contribution in [0, 0.1) is 5.41 Å². The lowest BCUT2D eigenvalue weighted by atomic mass is 9.66. The smallest absolute Gasteiger partial charge is 0.415 e. The molecule has 4 amide bonds. The number of hydrogen-bond donors (Lipinski definition) is 2. The van der Waals surface area contributed by atoms with Gasteiger partial charge in [-0.05, 0) is 37.1 Å². The maximum atomic E-state index is 13.6. The van der Waals surface area contributed by atoms with Crippen LogP contribution in [0.25, 0.3) is 11.5 Å². The number of rotatable bonds is 2. The number of carbonyl (C=O) groups is 3. The third-order valence-corrected chi connectivity index (χ3v) is 6.39. The molecule has 0 radical (unpaired) electrons. The van der Waals surface area contributed by atoms with E-state index in [1.165, 1.54) is 30.0 Å². The number of carbonyl (C=O) groups excluding carboxylic acids is 3. The van der Waals surface area contributed by atoms with E-state index in [0.29, 0.717) is 0 Å². The molecule has 1 spiro atoms. The van der Waals surface area contributed by atoms with E-state index >= 15 is 0 Å². The maximum absolute atomic E-state index is 13.6. The van der Waals surface area contributed by atoms with Gasteiger partial charge in [-0.2, -0.15) is 22.0 Å². The van der Waals surface area contributed by atoms with Crippen molar-refractivity contribution in [2.75, 3.05) is 11.4 Å². The van der Waals surface area contributed by atoms with Gasteiger partial charge in [-0.1, -0.05) is 0 Å². The minimum absolute atomic E-state index is 0.151. The largest absolute Gasteiger partial charge is 0.416 e. The van der Waals surface area contributed by atoms with Crippen molar-refractivity contribution in [3.63, 3.8) is 0 Å². The van der Waals surface area contributed by atoms with Crippen LogP contribution >= 0.6 is 0 Å². The molecule has 15 heteroatoms. The van der Waals surface area contributed by atoms with Crippen LogP contribution in [-0.4, -0.2) is 59.0 Å². The fraction of sp³-hybridized carbons (Fsp3) is 0.450. The predicted octanol–water partition coefficient (Wildman–Crippen LogP) is 2.11. The van der Waals surface area contributed by atoms with Gasteiger partial charge in [-0.25, -0.2) is 4.79 Å². The molecule has 2 saturated heterocycles. The van der Waals surface area contributed by atoms with E-state index < -0.39 is 66.5 Å². The molecule has 35 heavy (non-hydrogen) atoms. The molecule has 2 N–H and O–H groups in total. The lowest BCUT2D eigenvalue weighted by Crippen LogP contribution is -2.76. The number of ether oxygens (including phenoxy) is 1. The first-order chi connectivity index (χ1) is 16.4. The van der Waals surface area contributed by atoms with Crippen LogP contribution in [0.4, 0.5) is 32.4 Å². The van der Waals surface area contributed by atoms with Crippen molar-refractivity contribution in [1.82, 2.24) is 20.8 Å². The van der Waals surface area contributed by atoms with E-state index in [2.05, 4.69) is 10.2 Å². The van der Waals surface area contributed by atoms with Crippen molar-refractivity contribution in [1.29, 1.82) is 0 Å². The van der Waals surface area contributed by atoms with Crippen LogP contribution in [-0.2, 0) is 20.7 Å². The van der Waals surface area contributed by atoms with E-state index in [0.717, 1.165) is 0 Å².